The molecule has 33 heavy (non-hydrogen) atoms. The molecular weight excluding hydrogens is 452 g/mol. The maximum absolute atomic E-state index is 13.4. The molecule has 0 aliphatic carbocycles. The average molecular weight is 479 g/mol. The summed E-state index contributed by atoms with van der Waals surface area (Å²) in [5.41, 5.74) is 3.83. The molecule has 3 aromatic rings. The average Bonchev–Trinajstić information content (AvgIpc) is 3.05. The smallest absolute Gasteiger partial charge is 0.267 e. The van der Waals surface area contributed by atoms with Gasteiger partial charge in [-0.1, -0.05) is 73.2 Å². The zero-order valence-corrected chi connectivity index (χ0v) is 20.6. The first-order chi connectivity index (χ1) is 15.9. The van der Waals surface area contributed by atoms with Gasteiger partial charge in [-0.2, -0.15) is 0 Å². The topological polar surface area (TPSA) is 66.7 Å². The zero-order chi connectivity index (χ0) is 23.5. The molecule has 0 atom stereocenters. The number of amides is 1. The van der Waals surface area contributed by atoms with E-state index in [1.165, 1.54) is 16.2 Å². The van der Waals surface area contributed by atoms with E-state index in [2.05, 4.69) is 17.2 Å². The van der Waals surface area contributed by atoms with Crippen LogP contribution in [0.4, 0.5) is 5.82 Å². The Hall–Kier alpha value is -2.97. The number of carbonyl (C=O) groups is 1. The number of hydrogen-bond donors (Lipinski definition) is 1. The molecule has 1 amide bonds. The summed E-state index contributed by atoms with van der Waals surface area (Å²) in [5.74, 6) is 0.292. The number of hydrogen-bond acceptors (Lipinski definition) is 6. The Kier molecular flexibility index (Phi) is 6.95. The van der Waals surface area contributed by atoms with Gasteiger partial charge in [-0.25, -0.2) is 4.98 Å². The van der Waals surface area contributed by atoms with E-state index in [0.29, 0.717) is 39.3 Å². The van der Waals surface area contributed by atoms with Crippen molar-refractivity contribution in [3.8, 4) is 0 Å². The molecule has 0 radical (unpaired) electrons. The van der Waals surface area contributed by atoms with Crippen LogP contribution in [0.1, 0.15) is 42.0 Å². The fourth-order valence-corrected chi connectivity index (χ4v) is 4.79. The number of benzene rings is 1. The van der Waals surface area contributed by atoms with Crippen LogP contribution in [-0.2, 0) is 11.3 Å². The van der Waals surface area contributed by atoms with Gasteiger partial charge in [-0.15, -0.1) is 0 Å². The molecule has 170 valence electrons. The molecule has 1 fully saturated rings. The van der Waals surface area contributed by atoms with Gasteiger partial charge in [0.15, 0.2) is 0 Å². The molecule has 8 heteroatoms. The van der Waals surface area contributed by atoms with E-state index in [4.69, 9.17) is 12.2 Å². The van der Waals surface area contributed by atoms with E-state index in [0.717, 1.165) is 29.5 Å². The van der Waals surface area contributed by atoms with Gasteiger partial charge in [0.25, 0.3) is 11.5 Å². The van der Waals surface area contributed by atoms with E-state index in [1.54, 1.807) is 17.2 Å². The van der Waals surface area contributed by atoms with Crippen molar-refractivity contribution in [3.05, 3.63) is 80.1 Å². The zero-order valence-electron chi connectivity index (χ0n) is 18.9. The predicted molar refractivity (Wildman–Crippen MR) is 139 cm³/mol. The lowest BCUT2D eigenvalue weighted by atomic mass is 10.1. The first-order valence-electron chi connectivity index (χ1n) is 10.9. The molecule has 4 rings (SSSR count). The number of nitrogens with zero attached hydrogens (tertiary/aromatic N) is 3. The number of pyridine rings is 1. The van der Waals surface area contributed by atoms with E-state index >= 15 is 0 Å². The number of thiocarbonyl (C=S) groups is 1. The first kappa shape index (κ1) is 23.2. The van der Waals surface area contributed by atoms with Crippen LogP contribution in [0.2, 0.25) is 0 Å². The molecule has 2 aromatic heterocycles. The normalized spacial score (nSPS) is 15.1. The lowest BCUT2D eigenvalue weighted by Gasteiger charge is -2.14. The van der Waals surface area contributed by atoms with E-state index in [9.17, 15) is 9.59 Å². The quantitative estimate of drug-likeness (QED) is 0.295. The molecule has 3 heterocycles. The van der Waals surface area contributed by atoms with Crippen LogP contribution in [-0.4, -0.2) is 31.1 Å². The van der Waals surface area contributed by atoms with Gasteiger partial charge in [0, 0.05) is 12.7 Å². The first-order valence-corrected chi connectivity index (χ1v) is 12.2. The summed E-state index contributed by atoms with van der Waals surface area (Å²) in [7, 11) is 0. The minimum absolute atomic E-state index is 0.196. The van der Waals surface area contributed by atoms with Crippen molar-refractivity contribution in [2.75, 3.05) is 11.9 Å². The van der Waals surface area contributed by atoms with Crippen LogP contribution in [0.15, 0.2) is 52.3 Å². The molecule has 0 spiro atoms. The van der Waals surface area contributed by atoms with Gasteiger partial charge >= 0.3 is 0 Å². The molecule has 1 N–H and O–H groups in total. The second-order valence-corrected chi connectivity index (χ2v) is 9.82. The summed E-state index contributed by atoms with van der Waals surface area (Å²) in [6, 6.07) is 11.8. The van der Waals surface area contributed by atoms with E-state index in [1.807, 2.05) is 50.2 Å². The maximum atomic E-state index is 13.4. The molecule has 1 aliphatic rings. The van der Waals surface area contributed by atoms with Crippen LogP contribution in [0.25, 0.3) is 11.7 Å². The number of aryl methyl sites for hydroxylation is 2. The number of anilines is 1. The molecule has 0 bridgehead atoms. The molecule has 1 saturated heterocycles. The molecule has 1 aromatic carbocycles. The lowest BCUT2D eigenvalue weighted by Crippen LogP contribution is -2.27. The number of carbonyl (C=O) groups excluding carboxylic acids is 1. The van der Waals surface area contributed by atoms with Crippen LogP contribution >= 0.6 is 24.0 Å². The number of aromatic nitrogens is 2. The van der Waals surface area contributed by atoms with Crippen LogP contribution < -0.4 is 10.9 Å². The highest BCUT2D eigenvalue weighted by molar-refractivity contribution is 8.26. The van der Waals surface area contributed by atoms with Crippen molar-refractivity contribution in [2.24, 2.45) is 0 Å². The predicted octanol–water partition coefficient (Wildman–Crippen LogP) is 4.92. The minimum atomic E-state index is -0.216. The second-order valence-electron chi connectivity index (χ2n) is 8.15. The highest BCUT2D eigenvalue weighted by Crippen LogP contribution is 2.34. The Bertz CT molecular complexity index is 1310. The summed E-state index contributed by atoms with van der Waals surface area (Å²) < 4.78 is 2.01. The van der Waals surface area contributed by atoms with Crippen LogP contribution in [0, 0.1) is 13.8 Å². The van der Waals surface area contributed by atoms with Gasteiger partial charge in [0.05, 0.1) is 17.0 Å². The summed E-state index contributed by atoms with van der Waals surface area (Å²) in [4.78, 5) is 33.3. The van der Waals surface area contributed by atoms with Gasteiger partial charge in [0.2, 0.25) is 0 Å². The highest BCUT2D eigenvalue weighted by Gasteiger charge is 2.32. The largest absolute Gasteiger partial charge is 0.369 e. The van der Waals surface area contributed by atoms with E-state index in [-0.39, 0.29) is 11.5 Å². The molecule has 0 saturated carbocycles. The Morgan fingerprint density at radius 3 is 2.55 bits per heavy atom. The molecule has 0 unspecified atom stereocenters. The standard InChI is InChI=1S/C25H26N4O2S2/c1-4-5-12-26-22-19(23(30)28-14-17(3)8-11-21(28)27-22)13-20-24(31)29(25(32)33-20)15-18-9-6-16(2)7-10-18/h6-11,13-14,26H,4-5,12,15H2,1-3H3. The Morgan fingerprint density at radius 2 is 1.82 bits per heavy atom. The number of rotatable bonds is 7. The van der Waals surface area contributed by atoms with Crippen LogP contribution in [0.5, 0.6) is 0 Å². The maximum Gasteiger partial charge on any atom is 0.267 e. The highest BCUT2D eigenvalue weighted by atomic mass is 32.2. The molecular formula is C25H26N4O2S2. The Labute approximate surface area is 202 Å². The summed E-state index contributed by atoms with van der Waals surface area (Å²) in [6.07, 6.45) is 5.37. The van der Waals surface area contributed by atoms with Crippen molar-refractivity contribution < 1.29 is 4.79 Å². The van der Waals surface area contributed by atoms with Crippen molar-refractivity contribution in [2.45, 2.75) is 40.2 Å². The van der Waals surface area contributed by atoms with Gasteiger partial charge in [-0.05, 0) is 43.5 Å². The van der Waals surface area contributed by atoms with Crippen molar-refractivity contribution in [1.29, 1.82) is 0 Å². The number of nitrogens with one attached hydrogen (secondary N) is 1. The second kappa shape index (κ2) is 9.89. The van der Waals surface area contributed by atoms with Crippen molar-refractivity contribution in [1.82, 2.24) is 14.3 Å². The van der Waals surface area contributed by atoms with Crippen molar-refractivity contribution >= 4 is 51.7 Å². The number of fused-ring (bicyclic) bond motifs is 1. The number of thioether (sulfide) groups is 1. The van der Waals surface area contributed by atoms with Crippen LogP contribution in [0.3, 0.4) is 0 Å². The summed E-state index contributed by atoms with van der Waals surface area (Å²) in [6.45, 7) is 7.15. The Balaban J connectivity index is 1.72. The fraction of sp³-hybridized carbons (Fsp3) is 0.280. The number of unbranched alkanes of at least 4 members (excludes halogenated alkanes) is 1. The minimum Gasteiger partial charge on any atom is -0.369 e. The fourth-order valence-electron chi connectivity index (χ4n) is 3.55. The lowest BCUT2D eigenvalue weighted by molar-refractivity contribution is -0.122. The third-order valence-electron chi connectivity index (χ3n) is 5.44. The molecule has 1 aliphatic heterocycles. The third kappa shape index (κ3) is 5.02. The molecule has 6 nitrogen and oxygen atoms in total. The van der Waals surface area contributed by atoms with Gasteiger partial charge in [0.1, 0.15) is 15.8 Å². The Morgan fingerprint density at radius 1 is 1.09 bits per heavy atom. The summed E-state index contributed by atoms with van der Waals surface area (Å²) in [5, 5.41) is 3.28. The van der Waals surface area contributed by atoms with E-state index < -0.39 is 0 Å². The monoisotopic (exact) mass is 478 g/mol. The van der Waals surface area contributed by atoms with Gasteiger partial charge in [-0.3, -0.25) is 18.9 Å². The third-order valence-corrected chi connectivity index (χ3v) is 6.82. The van der Waals surface area contributed by atoms with Gasteiger partial charge < -0.3 is 5.32 Å². The van der Waals surface area contributed by atoms with Crippen molar-refractivity contribution in [3.63, 3.8) is 0 Å². The SMILES string of the molecule is CCCCNc1nc2ccc(C)cn2c(=O)c1C=C1SC(=S)N(Cc2ccc(C)cc2)C1=O. The summed E-state index contributed by atoms with van der Waals surface area (Å²) >= 11 is 6.71.